The molecule has 13 heavy (non-hydrogen) atoms. The SMILES string of the molecule is Cn1nccc1-c1cnc(C=O)s1. The van der Waals surface area contributed by atoms with Crippen LogP contribution in [0.15, 0.2) is 18.5 Å². The maximum Gasteiger partial charge on any atom is 0.178 e. The van der Waals surface area contributed by atoms with Gasteiger partial charge in [-0.25, -0.2) is 4.98 Å². The highest BCUT2D eigenvalue weighted by atomic mass is 32.1. The van der Waals surface area contributed by atoms with Crippen LogP contribution in [0.5, 0.6) is 0 Å². The smallest absolute Gasteiger partial charge is 0.178 e. The molecule has 5 heteroatoms. The summed E-state index contributed by atoms with van der Waals surface area (Å²) in [5.74, 6) is 0. The molecule has 0 fully saturated rings. The highest BCUT2D eigenvalue weighted by Gasteiger charge is 2.06. The fourth-order valence-electron chi connectivity index (χ4n) is 1.08. The molecule has 2 heterocycles. The Morgan fingerprint density at radius 2 is 2.46 bits per heavy atom. The molecule has 0 atom stereocenters. The van der Waals surface area contributed by atoms with Crippen LogP contribution in [0.2, 0.25) is 0 Å². The average Bonchev–Trinajstić information content (AvgIpc) is 2.71. The quantitative estimate of drug-likeness (QED) is 0.676. The Morgan fingerprint density at radius 1 is 1.62 bits per heavy atom. The molecule has 0 aliphatic heterocycles. The monoisotopic (exact) mass is 193 g/mol. The molecule has 0 bridgehead atoms. The van der Waals surface area contributed by atoms with E-state index in [0.717, 1.165) is 16.9 Å². The minimum absolute atomic E-state index is 0.496. The van der Waals surface area contributed by atoms with Gasteiger partial charge in [0.25, 0.3) is 0 Å². The Balaban J connectivity index is 2.46. The minimum Gasteiger partial charge on any atom is -0.295 e. The number of rotatable bonds is 2. The molecule has 0 radical (unpaired) electrons. The van der Waals surface area contributed by atoms with E-state index in [1.165, 1.54) is 11.3 Å². The zero-order valence-corrected chi connectivity index (χ0v) is 7.78. The van der Waals surface area contributed by atoms with E-state index >= 15 is 0 Å². The summed E-state index contributed by atoms with van der Waals surface area (Å²) in [6.45, 7) is 0. The highest BCUT2D eigenvalue weighted by Crippen LogP contribution is 2.24. The van der Waals surface area contributed by atoms with Crippen LogP contribution in [0.3, 0.4) is 0 Å². The lowest BCUT2D eigenvalue weighted by Crippen LogP contribution is -1.90. The fraction of sp³-hybridized carbons (Fsp3) is 0.125. The lowest BCUT2D eigenvalue weighted by atomic mass is 10.4. The molecular weight excluding hydrogens is 186 g/mol. The van der Waals surface area contributed by atoms with Gasteiger partial charge in [0.15, 0.2) is 11.3 Å². The average molecular weight is 193 g/mol. The standard InChI is InChI=1S/C8H7N3OS/c1-11-6(2-3-10-11)7-4-9-8(5-12)13-7/h2-5H,1H3. The van der Waals surface area contributed by atoms with Crippen molar-refractivity contribution < 1.29 is 4.79 Å². The van der Waals surface area contributed by atoms with Crippen LogP contribution < -0.4 is 0 Å². The molecule has 0 aliphatic carbocycles. The lowest BCUT2D eigenvalue weighted by Gasteiger charge is -1.94. The number of hydrogen-bond acceptors (Lipinski definition) is 4. The molecule has 0 amide bonds. The zero-order chi connectivity index (χ0) is 9.26. The van der Waals surface area contributed by atoms with E-state index in [4.69, 9.17) is 0 Å². The second-order valence-corrected chi connectivity index (χ2v) is 3.58. The third-order valence-electron chi connectivity index (χ3n) is 1.70. The van der Waals surface area contributed by atoms with Crippen molar-refractivity contribution in [2.75, 3.05) is 0 Å². The predicted octanol–water partition coefficient (Wildman–Crippen LogP) is 1.36. The first-order chi connectivity index (χ1) is 6.31. The van der Waals surface area contributed by atoms with Gasteiger partial charge in [0, 0.05) is 19.4 Å². The van der Waals surface area contributed by atoms with Crippen molar-refractivity contribution in [3.8, 4) is 10.6 Å². The summed E-state index contributed by atoms with van der Waals surface area (Å²) in [6.07, 6.45) is 4.16. The molecule has 2 aromatic heterocycles. The van der Waals surface area contributed by atoms with Gasteiger partial charge in [0.1, 0.15) is 0 Å². The summed E-state index contributed by atoms with van der Waals surface area (Å²) in [7, 11) is 1.86. The summed E-state index contributed by atoms with van der Waals surface area (Å²) in [5, 5.41) is 4.53. The van der Waals surface area contributed by atoms with E-state index in [0.29, 0.717) is 5.01 Å². The van der Waals surface area contributed by atoms with Crippen LogP contribution in [0.4, 0.5) is 0 Å². The van der Waals surface area contributed by atoms with Crippen LogP contribution in [0.1, 0.15) is 9.80 Å². The van der Waals surface area contributed by atoms with Gasteiger partial charge >= 0.3 is 0 Å². The zero-order valence-electron chi connectivity index (χ0n) is 6.97. The first-order valence-electron chi connectivity index (χ1n) is 3.70. The van der Waals surface area contributed by atoms with E-state index in [2.05, 4.69) is 10.1 Å². The van der Waals surface area contributed by atoms with Gasteiger partial charge in [0.2, 0.25) is 0 Å². The first-order valence-corrected chi connectivity index (χ1v) is 4.52. The van der Waals surface area contributed by atoms with Crippen LogP contribution in [0, 0.1) is 0 Å². The molecule has 0 N–H and O–H groups in total. The number of nitrogens with zero attached hydrogens (tertiary/aromatic N) is 3. The Labute approximate surface area is 78.8 Å². The summed E-state index contributed by atoms with van der Waals surface area (Å²) in [4.78, 5) is 15.3. The van der Waals surface area contributed by atoms with E-state index in [-0.39, 0.29) is 0 Å². The summed E-state index contributed by atoms with van der Waals surface area (Å²) >= 11 is 1.36. The van der Waals surface area contributed by atoms with E-state index in [1.54, 1.807) is 17.1 Å². The van der Waals surface area contributed by atoms with Crippen molar-refractivity contribution in [1.82, 2.24) is 14.8 Å². The summed E-state index contributed by atoms with van der Waals surface area (Å²) in [6, 6.07) is 1.89. The maximum atomic E-state index is 10.4. The van der Waals surface area contributed by atoms with Crippen molar-refractivity contribution >= 4 is 17.6 Å². The number of carbonyl (C=O) groups excluding carboxylic acids is 1. The van der Waals surface area contributed by atoms with Crippen molar-refractivity contribution in [3.63, 3.8) is 0 Å². The van der Waals surface area contributed by atoms with Gasteiger partial charge in [-0.15, -0.1) is 11.3 Å². The van der Waals surface area contributed by atoms with E-state index < -0.39 is 0 Å². The van der Waals surface area contributed by atoms with Crippen molar-refractivity contribution in [1.29, 1.82) is 0 Å². The molecular formula is C8H7N3OS. The molecule has 0 aromatic carbocycles. The Kier molecular flexibility index (Phi) is 1.94. The second-order valence-electron chi connectivity index (χ2n) is 2.52. The largest absolute Gasteiger partial charge is 0.295 e. The van der Waals surface area contributed by atoms with Gasteiger partial charge < -0.3 is 0 Å². The van der Waals surface area contributed by atoms with E-state index in [1.807, 2.05) is 13.1 Å². The first kappa shape index (κ1) is 8.12. The predicted molar refractivity (Wildman–Crippen MR) is 49.7 cm³/mol. The van der Waals surface area contributed by atoms with Crippen LogP contribution >= 0.6 is 11.3 Å². The normalized spacial score (nSPS) is 10.2. The number of carbonyl (C=O) groups is 1. The third kappa shape index (κ3) is 1.38. The Hall–Kier alpha value is -1.49. The fourth-order valence-corrected chi connectivity index (χ4v) is 1.87. The molecule has 0 aliphatic rings. The van der Waals surface area contributed by atoms with Crippen LogP contribution in [-0.4, -0.2) is 21.1 Å². The third-order valence-corrected chi connectivity index (χ3v) is 2.64. The van der Waals surface area contributed by atoms with Gasteiger partial charge in [-0.2, -0.15) is 5.10 Å². The highest BCUT2D eigenvalue weighted by molar-refractivity contribution is 7.16. The minimum atomic E-state index is 0.496. The number of aryl methyl sites for hydroxylation is 1. The lowest BCUT2D eigenvalue weighted by molar-refractivity contribution is 0.112. The molecule has 0 saturated heterocycles. The number of hydrogen-bond donors (Lipinski definition) is 0. The topological polar surface area (TPSA) is 47.8 Å². The molecule has 2 rings (SSSR count). The molecule has 0 saturated carbocycles. The molecule has 66 valence electrons. The van der Waals surface area contributed by atoms with E-state index in [9.17, 15) is 4.79 Å². The van der Waals surface area contributed by atoms with Crippen molar-refractivity contribution in [2.45, 2.75) is 0 Å². The molecule has 2 aromatic rings. The number of thiazole rings is 1. The van der Waals surface area contributed by atoms with Gasteiger partial charge in [0.05, 0.1) is 10.6 Å². The van der Waals surface area contributed by atoms with Crippen molar-refractivity contribution in [3.05, 3.63) is 23.5 Å². The van der Waals surface area contributed by atoms with Gasteiger partial charge in [-0.05, 0) is 6.07 Å². The van der Waals surface area contributed by atoms with Crippen LogP contribution in [-0.2, 0) is 7.05 Å². The second kappa shape index (κ2) is 3.10. The van der Waals surface area contributed by atoms with Crippen molar-refractivity contribution in [2.24, 2.45) is 7.05 Å². The summed E-state index contributed by atoms with van der Waals surface area (Å²) < 4.78 is 1.75. The Bertz CT molecular complexity index is 432. The Morgan fingerprint density at radius 3 is 3.00 bits per heavy atom. The molecule has 0 spiro atoms. The number of aromatic nitrogens is 3. The maximum absolute atomic E-state index is 10.4. The van der Waals surface area contributed by atoms with Gasteiger partial charge in [-0.3, -0.25) is 9.48 Å². The van der Waals surface area contributed by atoms with Gasteiger partial charge in [-0.1, -0.05) is 0 Å². The molecule has 0 unspecified atom stereocenters. The number of aldehydes is 1. The van der Waals surface area contributed by atoms with Crippen LogP contribution in [0.25, 0.3) is 10.6 Å². The molecule has 4 nitrogen and oxygen atoms in total. The summed E-state index contributed by atoms with van der Waals surface area (Å²) in [5.41, 5.74) is 0.977.